The summed E-state index contributed by atoms with van der Waals surface area (Å²) in [4.78, 5) is 27.1. The van der Waals surface area contributed by atoms with E-state index in [1.54, 1.807) is 11.2 Å². The van der Waals surface area contributed by atoms with Crippen LogP contribution in [0.3, 0.4) is 0 Å². The molecule has 1 saturated heterocycles. The molecule has 2 aliphatic rings. The molecule has 0 spiro atoms. The Morgan fingerprint density at radius 3 is 2.79 bits per heavy atom. The summed E-state index contributed by atoms with van der Waals surface area (Å²) in [5.74, 6) is 1.87. The van der Waals surface area contributed by atoms with Crippen LogP contribution in [0, 0.1) is 0 Å². The molecule has 4 aromatic rings. The molecule has 1 atom stereocenters. The number of carbonyl (C=O) groups excluding carboxylic acids is 1. The summed E-state index contributed by atoms with van der Waals surface area (Å²) in [6.07, 6.45) is 1.64. The van der Waals surface area contributed by atoms with Gasteiger partial charge in [-0.2, -0.15) is 0 Å². The van der Waals surface area contributed by atoms with Crippen LogP contribution in [0.25, 0.3) is 11.0 Å². The van der Waals surface area contributed by atoms with Crippen molar-refractivity contribution in [3.8, 4) is 11.5 Å². The first kappa shape index (κ1) is 19.8. The lowest BCUT2D eigenvalue weighted by Gasteiger charge is -2.24. The normalized spacial score (nSPS) is 18.7. The number of amides is 2. The molecule has 9 heteroatoms. The molecule has 2 N–H and O–H groups in total. The Morgan fingerprint density at radius 1 is 1.03 bits per heavy atom. The fourth-order valence-electron chi connectivity index (χ4n) is 4.13. The van der Waals surface area contributed by atoms with Crippen LogP contribution in [0.1, 0.15) is 11.6 Å². The number of aromatic amines is 1. The number of nitrogens with zero attached hydrogens (tertiary/aromatic N) is 3. The molecule has 1 fully saturated rings. The van der Waals surface area contributed by atoms with Crippen molar-refractivity contribution in [2.75, 3.05) is 18.1 Å². The topological polar surface area (TPSA) is 91.8 Å². The van der Waals surface area contributed by atoms with Crippen LogP contribution in [-0.4, -0.2) is 35.0 Å². The molecule has 2 amide bonds. The highest BCUT2D eigenvalue weighted by molar-refractivity contribution is 9.10. The van der Waals surface area contributed by atoms with Crippen LogP contribution >= 0.6 is 15.9 Å². The standard InChI is InChI=1S/C24H18BrN5O3/c25-15-3-1-2-14(10-15)22-23(28-16-4-7-20-21(11-16)33-9-8-32-20)29-24(31)30(22)17-5-6-18-19(12-17)27-13-26-18/h1-7,10-13,22H,8-9H2,(H,26,27)(H,28,29,31). The number of rotatable bonds is 3. The average Bonchev–Trinajstić information content (AvgIpc) is 3.42. The fourth-order valence-corrected chi connectivity index (χ4v) is 4.55. The molecule has 0 radical (unpaired) electrons. The Hall–Kier alpha value is -3.85. The molecule has 33 heavy (non-hydrogen) atoms. The Labute approximate surface area is 197 Å². The van der Waals surface area contributed by atoms with Gasteiger partial charge >= 0.3 is 6.03 Å². The summed E-state index contributed by atoms with van der Waals surface area (Å²) >= 11 is 3.55. The number of imidazole rings is 1. The second kappa shape index (κ2) is 7.93. The number of fused-ring (bicyclic) bond motifs is 2. The number of aliphatic imine (C=N–C) groups is 1. The van der Waals surface area contributed by atoms with Gasteiger partial charge in [0.15, 0.2) is 11.5 Å². The van der Waals surface area contributed by atoms with Crippen molar-refractivity contribution < 1.29 is 14.3 Å². The number of aromatic nitrogens is 2. The smallest absolute Gasteiger partial charge is 0.328 e. The van der Waals surface area contributed by atoms with Crippen LogP contribution in [0.5, 0.6) is 11.5 Å². The van der Waals surface area contributed by atoms with Gasteiger partial charge in [-0.15, -0.1) is 0 Å². The molecule has 1 aromatic heterocycles. The number of H-pyrrole nitrogens is 1. The van der Waals surface area contributed by atoms with Gasteiger partial charge in [-0.05, 0) is 48.0 Å². The van der Waals surface area contributed by atoms with Crippen molar-refractivity contribution in [2.45, 2.75) is 6.04 Å². The van der Waals surface area contributed by atoms with Crippen LogP contribution in [0.15, 0.2) is 76.5 Å². The summed E-state index contributed by atoms with van der Waals surface area (Å²) < 4.78 is 12.2. The van der Waals surface area contributed by atoms with E-state index in [2.05, 4.69) is 31.2 Å². The number of urea groups is 1. The Morgan fingerprint density at radius 2 is 1.91 bits per heavy atom. The number of amidine groups is 1. The van der Waals surface area contributed by atoms with E-state index >= 15 is 0 Å². The molecule has 0 aliphatic carbocycles. The predicted molar refractivity (Wildman–Crippen MR) is 129 cm³/mol. The lowest BCUT2D eigenvalue weighted by molar-refractivity contribution is 0.171. The summed E-state index contributed by atoms with van der Waals surface area (Å²) in [6.45, 7) is 1.02. The van der Waals surface area contributed by atoms with Crippen LogP contribution < -0.4 is 19.7 Å². The minimum Gasteiger partial charge on any atom is -0.486 e. The summed E-state index contributed by atoms with van der Waals surface area (Å²) in [7, 11) is 0. The van der Waals surface area contributed by atoms with E-state index in [9.17, 15) is 4.79 Å². The van der Waals surface area contributed by atoms with Gasteiger partial charge in [0.25, 0.3) is 0 Å². The molecule has 6 rings (SSSR count). The molecular formula is C24H18BrN5O3. The van der Waals surface area contributed by atoms with Crippen LogP contribution in [0.2, 0.25) is 0 Å². The molecule has 2 aliphatic heterocycles. The summed E-state index contributed by atoms with van der Waals surface area (Å²) in [5.41, 5.74) is 4.01. The third kappa shape index (κ3) is 3.60. The Kier molecular flexibility index (Phi) is 4.76. The quantitative estimate of drug-likeness (QED) is 0.406. The molecule has 0 bridgehead atoms. The number of hydrogen-bond donors (Lipinski definition) is 2. The van der Waals surface area contributed by atoms with E-state index in [4.69, 9.17) is 14.5 Å². The first-order valence-electron chi connectivity index (χ1n) is 10.4. The van der Waals surface area contributed by atoms with Gasteiger partial charge in [-0.25, -0.2) is 14.8 Å². The molecule has 1 unspecified atom stereocenters. The zero-order chi connectivity index (χ0) is 22.4. The Balaban J connectivity index is 1.46. The van der Waals surface area contributed by atoms with Gasteiger partial charge in [0.2, 0.25) is 0 Å². The number of ether oxygens (including phenoxy) is 2. The molecule has 164 valence electrons. The average molecular weight is 504 g/mol. The number of anilines is 1. The van der Waals surface area contributed by atoms with E-state index in [1.807, 2.05) is 60.7 Å². The van der Waals surface area contributed by atoms with Crippen LogP contribution in [0.4, 0.5) is 16.2 Å². The maximum atomic E-state index is 13.2. The van der Waals surface area contributed by atoms with Gasteiger partial charge in [-0.1, -0.05) is 28.1 Å². The predicted octanol–water partition coefficient (Wildman–Crippen LogP) is 5.10. The maximum absolute atomic E-state index is 13.2. The van der Waals surface area contributed by atoms with Gasteiger partial charge in [-0.3, -0.25) is 10.2 Å². The van der Waals surface area contributed by atoms with E-state index in [-0.39, 0.29) is 6.03 Å². The number of halogens is 1. The number of hydrogen-bond acceptors (Lipinski definition) is 5. The SMILES string of the molecule is O=C1NC(=Nc2ccc3c(c2)OCCO3)C(c2cccc(Br)c2)N1c1ccc2nc[nH]c2c1. The van der Waals surface area contributed by atoms with Gasteiger partial charge in [0, 0.05) is 16.2 Å². The van der Waals surface area contributed by atoms with Crippen molar-refractivity contribution in [3.05, 3.63) is 77.0 Å². The minimum absolute atomic E-state index is 0.255. The molecule has 3 heterocycles. The van der Waals surface area contributed by atoms with E-state index in [0.717, 1.165) is 26.8 Å². The highest BCUT2D eigenvalue weighted by Crippen LogP contribution is 2.37. The van der Waals surface area contributed by atoms with Gasteiger partial charge in [0.05, 0.1) is 23.0 Å². The van der Waals surface area contributed by atoms with Crippen LogP contribution in [-0.2, 0) is 0 Å². The third-order valence-electron chi connectivity index (χ3n) is 5.59. The lowest BCUT2D eigenvalue weighted by atomic mass is 10.0. The van der Waals surface area contributed by atoms with Crippen molar-refractivity contribution >= 4 is 50.2 Å². The van der Waals surface area contributed by atoms with E-state index in [0.29, 0.717) is 36.2 Å². The second-order valence-corrected chi connectivity index (χ2v) is 8.60. The lowest BCUT2D eigenvalue weighted by Crippen LogP contribution is -2.29. The highest BCUT2D eigenvalue weighted by Gasteiger charge is 2.39. The van der Waals surface area contributed by atoms with E-state index < -0.39 is 6.04 Å². The summed E-state index contributed by atoms with van der Waals surface area (Å²) in [5, 5.41) is 2.96. The fraction of sp³-hybridized carbons (Fsp3) is 0.125. The zero-order valence-corrected chi connectivity index (χ0v) is 18.9. The zero-order valence-electron chi connectivity index (χ0n) is 17.3. The van der Waals surface area contributed by atoms with E-state index in [1.165, 1.54) is 0 Å². The highest BCUT2D eigenvalue weighted by atomic mass is 79.9. The summed E-state index contributed by atoms with van der Waals surface area (Å²) in [6, 6.07) is 18.4. The first-order chi connectivity index (χ1) is 16.2. The molecule has 8 nitrogen and oxygen atoms in total. The third-order valence-corrected chi connectivity index (χ3v) is 6.09. The van der Waals surface area contributed by atoms with Gasteiger partial charge < -0.3 is 14.5 Å². The molecule has 3 aromatic carbocycles. The van der Waals surface area contributed by atoms with Crippen molar-refractivity contribution in [3.63, 3.8) is 0 Å². The first-order valence-corrected chi connectivity index (χ1v) is 11.2. The molecule has 0 saturated carbocycles. The monoisotopic (exact) mass is 503 g/mol. The van der Waals surface area contributed by atoms with Gasteiger partial charge in [0.1, 0.15) is 25.1 Å². The molecular weight excluding hydrogens is 486 g/mol. The van der Waals surface area contributed by atoms with Crippen molar-refractivity contribution in [2.24, 2.45) is 4.99 Å². The number of nitrogens with one attached hydrogen (secondary N) is 2. The van der Waals surface area contributed by atoms with Crippen molar-refractivity contribution in [1.29, 1.82) is 0 Å². The number of benzene rings is 3. The van der Waals surface area contributed by atoms with Crippen molar-refractivity contribution in [1.82, 2.24) is 15.3 Å². The number of carbonyl (C=O) groups is 1. The largest absolute Gasteiger partial charge is 0.486 e. The second-order valence-electron chi connectivity index (χ2n) is 7.69. The minimum atomic E-state index is -0.441. The Bertz CT molecular complexity index is 1420. The maximum Gasteiger partial charge on any atom is 0.328 e.